The van der Waals surface area contributed by atoms with Gasteiger partial charge in [-0.15, -0.1) is 6.58 Å². The number of carbonyl (C=O) groups excluding carboxylic acids is 1. The Morgan fingerprint density at radius 2 is 1.91 bits per heavy atom. The van der Waals surface area contributed by atoms with Gasteiger partial charge in [0, 0.05) is 11.1 Å². The maximum absolute atomic E-state index is 12.3. The molecule has 0 aliphatic heterocycles. The first-order chi connectivity index (χ1) is 11.2. The standard InChI is InChI=1S/C19H15NO3/c1-2-7-13-8-6-9-14-12-16(19(22)23-17(13)14)18(21)20-15-10-4-3-5-11-15/h2-6,8-12H,1,7H2,(H,20,21). The minimum absolute atomic E-state index is 0.0166. The number of allylic oxidation sites excluding steroid dienone is 1. The monoisotopic (exact) mass is 305 g/mol. The highest BCUT2D eigenvalue weighted by Crippen LogP contribution is 2.19. The molecule has 1 heterocycles. The molecule has 0 aliphatic rings. The Kier molecular flexibility index (Phi) is 4.06. The van der Waals surface area contributed by atoms with Crippen molar-refractivity contribution in [3.8, 4) is 0 Å². The van der Waals surface area contributed by atoms with Gasteiger partial charge >= 0.3 is 5.63 Å². The van der Waals surface area contributed by atoms with E-state index in [9.17, 15) is 9.59 Å². The van der Waals surface area contributed by atoms with Gasteiger partial charge in [-0.2, -0.15) is 0 Å². The number of hydrogen-bond acceptors (Lipinski definition) is 3. The number of amides is 1. The lowest BCUT2D eigenvalue weighted by Gasteiger charge is -2.06. The quantitative estimate of drug-likeness (QED) is 0.589. The topological polar surface area (TPSA) is 59.3 Å². The first kappa shape index (κ1) is 14.8. The average molecular weight is 305 g/mol. The zero-order valence-corrected chi connectivity index (χ0v) is 12.4. The molecule has 0 saturated heterocycles. The van der Waals surface area contributed by atoms with Crippen molar-refractivity contribution in [2.45, 2.75) is 6.42 Å². The van der Waals surface area contributed by atoms with Crippen LogP contribution in [0.1, 0.15) is 15.9 Å². The fraction of sp³-hybridized carbons (Fsp3) is 0.0526. The second-order valence-corrected chi connectivity index (χ2v) is 5.10. The number of anilines is 1. The van der Waals surface area contributed by atoms with Crippen LogP contribution in [0, 0.1) is 0 Å². The Bertz CT molecular complexity index is 926. The Morgan fingerprint density at radius 3 is 2.65 bits per heavy atom. The fourth-order valence-electron chi connectivity index (χ4n) is 2.40. The van der Waals surface area contributed by atoms with E-state index in [0.717, 1.165) is 5.56 Å². The highest BCUT2D eigenvalue weighted by molar-refractivity contribution is 6.05. The Morgan fingerprint density at radius 1 is 1.13 bits per heavy atom. The number of benzene rings is 2. The van der Waals surface area contributed by atoms with E-state index in [1.807, 2.05) is 24.3 Å². The molecule has 3 aromatic rings. The highest BCUT2D eigenvalue weighted by Gasteiger charge is 2.15. The van der Waals surface area contributed by atoms with Crippen LogP contribution in [0.4, 0.5) is 5.69 Å². The molecule has 0 spiro atoms. The molecule has 4 nitrogen and oxygen atoms in total. The van der Waals surface area contributed by atoms with Gasteiger partial charge in [-0.05, 0) is 30.2 Å². The summed E-state index contributed by atoms with van der Waals surface area (Å²) in [5.74, 6) is -0.485. The van der Waals surface area contributed by atoms with E-state index in [2.05, 4.69) is 11.9 Å². The molecule has 2 aromatic carbocycles. The van der Waals surface area contributed by atoms with Crippen LogP contribution in [0.3, 0.4) is 0 Å². The van der Waals surface area contributed by atoms with Crippen LogP contribution in [-0.4, -0.2) is 5.91 Å². The molecule has 1 amide bonds. The first-order valence-electron chi connectivity index (χ1n) is 7.22. The van der Waals surface area contributed by atoms with Crippen LogP contribution in [0.2, 0.25) is 0 Å². The molecule has 114 valence electrons. The van der Waals surface area contributed by atoms with Gasteiger partial charge in [0.2, 0.25) is 0 Å². The van der Waals surface area contributed by atoms with E-state index in [-0.39, 0.29) is 5.56 Å². The highest BCUT2D eigenvalue weighted by atomic mass is 16.4. The molecular formula is C19H15NO3. The van der Waals surface area contributed by atoms with Gasteiger partial charge in [0.05, 0.1) is 0 Å². The van der Waals surface area contributed by atoms with Crippen molar-refractivity contribution in [1.29, 1.82) is 0 Å². The normalized spacial score (nSPS) is 10.4. The first-order valence-corrected chi connectivity index (χ1v) is 7.22. The van der Waals surface area contributed by atoms with E-state index in [1.54, 1.807) is 36.4 Å². The Hall–Kier alpha value is -3.14. The molecule has 0 bridgehead atoms. The van der Waals surface area contributed by atoms with Crippen LogP contribution < -0.4 is 10.9 Å². The third-order valence-corrected chi connectivity index (χ3v) is 3.48. The molecule has 4 heteroatoms. The smallest absolute Gasteiger partial charge is 0.349 e. The van der Waals surface area contributed by atoms with E-state index < -0.39 is 11.5 Å². The van der Waals surface area contributed by atoms with Gasteiger partial charge < -0.3 is 9.73 Å². The second kappa shape index (κ2) is 6.32. The molecule has 0 saturated carbocycles. The number of fused-ring (bicyclic) bond motifs is 1. The lowest BCUT2D eigenvalue weighted by atomic mass is 10.1. The van der Waals surface area contributed by atoms with Gasteiger partial charge in [-0.3, -0.25) is 4.79 Å². The molecule has 0 fully saturated rings. The zero-order valence-electron chi connectivity index (χ0n) is 12.4. The minimum Gasteiger partial charge on any atom is -0.422 e. The fourth-order valence-corrected chi connectivity index (χ4v) is 2.40. The molecule has 0 aliphatic carbocycles. The molecule has 23 heavy (non-hydrogen) atoms. The van der Waals surface area contributed by atoms with E-state index >= 15 is 0 Å². The molecule has 0 unspecified atom stereocenters. The zero-order chi connectivity index (χ0) is 16.2. The van der Waals surface area contributed by atoms with Crippen molar-refractivity contribution < 1.29 is 9.21 Å². The van der Waals surface area contributed by atoms with Gasteiger partial charge in [0.15, 0.2) is 0 Å². The molecule has 0 radical (unpaired) electrons. The summed E-state index contributed by atoms with van der Waals surface area (Å²) in [5.41, 5.74) is 1.32. The van der Waals surface area contributed by atoms with Gasteiger partial charge in [-0.25, -0.2) is 4.79 Å². The van der Waals surface area contributed by atoms with Gasteiger partial charge in [-0.1, -0.05) is 42.5 Å². The summed E-state index contributed by atoms with van der Waals surface area (Å²) in [7, 11) is 0. The summed E-state index contributed by atoms with van der Waals surface area (Å²) in [6.45, 7) is 3.69. The van der Waals surface area contributed by atoms with Crippen LogP contribution in [-0.2, 0) is 6.42 Å². The molecule has 1 aromatic heterocycles. The number of carbonyl (C=O) groups is 1. The Labute approximate surface area is 133 Å². The van der Waals surface area contributed by atoms with Crippen molar-refractivity contribution in [3.05, 3.63) is 88.8 Å². The SMILES string of the molecule is C=CCc1cccc2cc(C(=O)Nc3ccccc3)c(=O)oc12. The largest absolute Gasteiger partial charge is 0.422 e. The second-order valence-electron chi connectivity index (χ2n) is 5.10. The molecular weight excluding hydrogens is 290 g/mol. The summed E-state index contributed by atoms with van der Waals surface area (Å²) in [6.07, 6.45) is 2.33. The lowest BCUT2D eigenvalue weighted by molar-refractivity contribution is 0.102. The van der Waals surface area contributed by atoms with Crippen LogP contribution in [0.5, 0.6) is 0 Å². The number of rotatable bonds is 4. The molecule has 3 rings (SSSR count). The summed E-state index contributed by atoms with van der Waals surface area (Å²) < 4.78 is 5.37. The number of para-hydroxylation sites is 2. The van der Waals surface area contributed by atoms with Crippen LogP contribution in [0.15, 0.2) is 76.5 Å². The van der Waals surface area contributed by atoms with Crippen molar-refractivity contribution in [3.63, 3.8) is 0 Å². The summed E-state index contributed by atoms with van der Waals surface area (Å²) in [5, 5.41) is 3.40. The number of hydrogen-bond donors (Lipinski definition) is 1. The maximum atomic E-state index is 12.3. The van der Waals surface area contributed by atoms with Crippen molar-refractivity contribution in [1.82, 2.24) is 0 Å². The summed E-state index contributed by atoms with van der Waals surface area (Å²) >= 11 is 0. The maximum Gasteiger partial charge on any atom is 0.349 e. The third kappa shape index (κ3) is 3.06. The Balaban J connectivity index is 2.02. The lowest BCUT2D eigenvalue weighted by Crippen LogP contribution is -2.20. The van der Waals surface area contributed by atoms with E-state index in [1.165, 1.54) is 0 Å². The third-order valence-electron chi connectivity index (χ3n) is 3.48. The number of nitrogens with one attached hydrogen (secondary N) is 1. The van der Waals surface area contributed by atoms with Crippen molar-refractivity contribution in [2.75, 3.05) is 5.32 Å². The van der Waals surface area contributed by atoms with Gasteiger partial charge in [0.25, 0.3) is 5.91 Å². The van der Waals surface area contributed by atoms with Crippen molar-refractivity contribution in [2.24, 2.45) is 0 Å². The summed E-state index contributed by atoms with van der Waals surface area (Å²) in [4.78, 5) is 24.5. The van der Waals surface area contributed by atoms with Crippen LogP contribution >= 0.6 is 0 Å². The molecule has 1 N–H and O–H groups in total. The predicted octanol–water partition coefficient (Wildman–Crippen LogP) is 3.77. The average Bonchev–Trinajstić information content (AvgIpc) is 2.56. The van der Waals surface area contributed by atoms with E-state index in [0.29, 0.717) is 23.1 Å². The van der Waals surface area contributed by atoms with Crippen molar-refractivity contribution >= 4 is 22.6 Å². The predicted molar refractivity (Wildman–Crippen MR) is 90.8 cm³/mol. The summed E-state index contributed by atoms with van der Waals surface area (Å²) in [6, 6.07) is 16.1. The molecule has 0 atom stereocenters. The van der Waals surface area contributed by atoms with Crippen LogP contribution in [0.25, 0.3) is 11.0 Å². The van der Waals surface area contributed by atoms with Gasteiger partial charge in [0.1, 0.15) is 11.1 Å². The minimum atomic E-state index is -0.651. The van der Waals surface area contributed by atoms with E-state index in [4.69, 9.17) is 4.42 Å².